The number of benzene rings is 2. The first-order valence-corrected chi connectivity index (χ1v) is 9.74. The molecule has 2 aromatic carbocycles. The highest BCUT2D eigenvalue weighted by Crippen LogP contribution is 2.29. The fourth-order valence-electron chi connectivity index (χ4n) is 3.89. The molecule has 2 fully saturated rings. The largest absolute Gasteiger partial charge is 0.497 e. The number of carbonyl (C=O) groups excluding carboxylic acids is 2. The van der Waals surface area contributed by atoms with Crippen molar-refractivity contribution in [1.82, 2.24) is 0 Å². The zero-order chi connectivity index (χ0) is 19.5. The van der Waals surface area contributed by atoms with Gasteiger partial charge >= 0.3 is 0 Å². The Hall–Kier alpha value is -3.02. The first-order chi connectivity index (χ1) is 13.6. The standard InChI is InChI=1S/C22H25N3O3/c1-28-20-6-4-5-19(14-20)25-15-16(13-21(25)26)22(27)23-17-7-9-18(10-8-17)24-11-2-3-12-24/h4-10,14,16H,2-3,11-13,15H2,1H3,(H,23,27). The van der Waals surface area contributed by atoms with E-state index in [1.807, 2.05) is 48.5 Å². The van der Waals surface area contributed by atoms with Crippen LogP contribution in [0.1, 0.15) is 19.3 Å². The Bertz CT molecular complexity index is 860. The van der Waals surface area contributed by atoms with Gasteiger partial charge < -0.3 is 19.9 Å². The van der Waals surface area contributed by atoms with Crippen LogP contribution in [0.15, 0.2) is 48.5 Å². The van der Waals surface area contributed by atoms with Gasteiger partial charge in [-0.2, -0.15) is 0 Å². The molecule has 2 heterocycles. The maximum Gasteiger partial charge on any atom is 0.229 e. The highest BCUT2D eigenvalue weighted by molar-refractivity contribution is 6.03. The molecule has 6 heteroatoms. The molecule has 0 bridgehead atoms. The molecule has 2 aliphatic rings. The van der Waals surface area contributed by atoms with E-state index < -0.39 is 0 Å². The lowest BCUT2D eigenvalue weighted by Gasteiger charge is -2.18. The number of carbonyl (C=O) groups is 2. The van der Waals surface area contributed by atoms with E-state index in [2.05, 4.69) is 10.2 Å². The molecule has 0 aromatic heterocycles. The SMILES string of the molecule is COc1cccc(N2CC(C(=O)Nc3ccc(N4CCCC4)cc3)CC2=O)c1. The van der Waals surface area contributed by atoms with Crippen molar-refractivity contribution in [2.75, 3.05) is 41.9 Å². The average molecular weight is 379 g/mol. The van der Waals surface area contributed by atoms with Gasteiger partial charge in [0.15, 0.2) is 0 Å². The van der Waals surface area contributed by atoms with Crippen LogP contribution in [0.25, 0.3) is 0 Å². The maximum atomic E-state index is 12.7. The van der Waals surface area contributed by atoms with Crippen LogP contribution in [-0.2, 0) is 9.59 Å². The molecule has 1 atom stereocenters. The Labute approximate surface area is 165 Å². The third kappa shape index (κ3) is 3.81. The van der Waals surface area contributed by atoms with Crippen molar-refractivity contribution in [1.29, 1.82) is 0 Å². The summed E-state index contributed by atoms with van der Waals surface area (Å²) in [7, 11) is 1.59. The van der Waals surface area contributed by atoms with Crippen molar-refractivity contribution in [3.8, 4) is 5.75 Å². The molecule has 2 aromatic rings. The van der Waals surface area contributed by atoms with Gasteiger partial charge in [0.05, 0.1) is 13.0 Å². The third-order valence-electron chi connectivity index (χ3n) is 5.47. The third-order valence-corrected chi connectivity index (χ3v) is 5.47. The molecule has 28 heavy (non-hydrogen) atoms. The number of amides is 2. The summed E-state index contributed by atoms with van der Waals surface area (Å²) in [4.78, 5) is 29.1. The fraction of sp³-hybridized carbons (Fsp3) is 0.364. The molecule has 2 amide bonds. The van der Waals surface area contributed by atoms with Crippen LogP contribution >= 0.6 is 0 Å². The number of hydrogen-bond donors (Lipinski definition) is 1. The number of nitrogens with zero attached hydrogens (tertiary/aromatic N) is 2. The highest BCUT2D eigenvalue weighted by atomic mass is 16.5. The number of nitrogens with one attached hydrogen (secondary N) is 1. The fourth-order valence-corrected chi connectivity index (χ4v) is 3.89. The molecule has 2 saturated heterocycles. The summed E-state index contributed by atoms with van der Waals surface area (Å²) in [6.07, 6.45) is 2.69. The van der Waals surface area contributed by atoms with Crippen LogP contribution in [0.2, 0.25) is 0 Å². The van der Waals surface area contributed by atoms with Crippen LogP contribution in [0.5, 0.6) is 5.75 Å². The van der Waals surface area contributed by atoms with Gasteiger partial charge in [-0.1, -0.05) is 6.07 Å². The van der Waals surface area contributed by atoms with E-state index in [9.17, 15) is 9.59 Å². The summed E-state index contributed by atoms with van der Waals surface area (Å²) in [6, 6.07) is 15.3. The summed E-state index contributed by atoms with van der Waals surface area (Å²) in [5.74, 6) is 0.165. The average Bonchev–Trinajstić information content (AvgIpc) is 3.39. The molecule has 0 saturated carbocycles. The molecule has 0 aliphatic carbocycles. The zero-order valence-electron chi connectivity index (χ0n) is 16.1. The molecule has 2 aliphatic heterocycles. The van der Waals surface area contributed by atoms with Crippen LogP contribution in [0.3, 0.4) is 0 Å². The summed E-state index contributed by atoms with van der Waals surface area (Å²) in [5.41, 5.74) is 2.71. The molecule has 6 nitrogen and oxygen atoms in total. The molecule has 1 N–H and O–H groups in total. The predicted molar refractivity (Wildman–Crippen MR) is 110 cm³/mol. The lowest BCUT2D eigenvalue weighted by molar-refractivity contribution is -0.122. The monoisotopic (exact) mass is 379 g/mol. The Morgan fingerprint density at radius 3 is 2.54 bits per heavy atom. The van der Waals surface area contributed by atoms with Gasteiger partial charge in [0.25, 0.3) is 0 Å². The van der Waals surface area contributed by atoms with Crippen LogP contribution in [-0.4, -0.2) is 38.6 Å². The van der Waals surface area contributed by atoms with Gasteiger partial charge in [0, 0.05) is 49.2 Å². The second kappa shape index (κ2) is 7.92. The summed E-state index contributed by atoms with van der Waals surface area (Å²) in [5, 5.41) is 2.96. The topological polar surface area (TPSA) is 61.9 Å². The van der Waals surface area contributed by atoms with Crippen molar-refractivity contribution >= 4 is 28.9 Å². The number of methoxy groups -OCH3 is 1. The maximum absolute atomic E-state index is 12.7. The number of ether oxygens (including phenoxy) is 1. The van der Waals surface area contributed by atoms with E-state index in [1.54, 1.807) is 12.0 Å². The minimum atomic E-state index is -0.364. The Morgan fingerprint density at radius 1 is 1.07 bits per heavy atom. The van der Waals surface area contributed by atoms with Crippen LogP contribution < -0.4 is 19.9 Å². The minimum Gasteiger partial charge on any atom is -0.497 e. The van der Waals surface area contributed by atoms with E-state index in [0.29, 0.717) is 12.3 Å². The van der Waals surface area contributed by atoms with Gasteiger partial charge in [-0.3, -0.25) is 9.59 Å². The van der Waals surface area contributed by atoms with Crippen molar-refractivity contribution in [2.45, 2.75) is 19.3 Å². The van der Waals surface area contributed by atoms with Gasteiger partial charge in [0.1, 0.15) is 5.75 Å². The van der Waals surface area contributed by atoms with Gasteiger partial charge in [-0.15, -0.1) is 0 Å². The lowest BCUT2D eigenvalue weighted by atomic mass is 10.1. The summed E-state index contributed by atoms with van der Waals surface area (Å²) >= 11 is 0. The van der Waals surface area contributed by atoms with E-state index >= 15 is 0 Å². The van der Waals surface area contributed by atoms with Crippen LogP contribution in [0, 0.1) is 5.92 Å². The van der Waals surface area contributed by atoms with E-state index in [0.717, 1.165) is 24.5 Å². The second-order valence-electron chi connectivity index (χ2n) is 7.34. The molecule has 4 rings (SSSR count). The highest BCUT2D eigenvalue weighted by Gasteiger charge is 2.35. The van der Waals surface area contributed by atoms with Crippen molar-refractivity contribution in [3.63, 3.8) is 0 Å². The lowest BCUT2D eigenvalue weighted by Crippen LogP contribution is -2.28. The Morgan fingerprint density at radius 2 is 1.82 bits per heavy atom. The van der Waals surface area contributed by atoms with E-state index in [1.165, 1.54) is 18.5 Å². The van der Waals surface area contributed by atoms with Gasteiger partial charge in [0.2, 0.25) is 11.8 Å². The van der Waals surface area contributed by atoms with Crippen LogP contribution in [0.4, 0.5) is 17.1 Å². The second-order valence-corrected chi connectivity index (χ2v) is 7.34. The molecular weight excluding hydrogens is 354 g/mol. The van der Waals surface area contributed by atoms with Gasteiger partial charge in [-0.05, 0) is 49.2 Å². The molecule has 146 valence electrons. The quantitative estimate of drug-likeness (QED) is 0.866. The van der Waals surface area contributed by atoms with Crippen molar-refractivity contribution in [3.05, 3.63) is 48.5 Å². The van der Waals surface area contributed by atoms with E-state index in [-0.39, 0.29) is 24.2 Å². The molecular formula is C22H25N3O3. The predicted octanol–water partition coefficient (Wildman–Crippen LogP) is 3.29. The number of rotatable bonds is 5. The Balaban J connectivity index is 1.39. The normalized spacial score (nSPS) is 19.2. The Kier molecular flexibility index (Phi) is 5.19. The zero-order valence-corrected chi connectivity index (χ0v) is 16.1. The van der Waals surface area contributed by atoms with E-state index in [4.69, 9.17) is 4.74 Å². The molecule has 0 spiro atoms. The first kappa shape index (κ1) is 18.3. The summed E-state index contributed by atoms with van der Waals surface area (Å²) < 4.78 is 5.23. The molecule has 0 radical (unpaired) electrons. The molecule has 1 unspecified atom stereocenters. The number of anilines is 3. The summed E-state index contributed by atoms with van der Waals surface area (Å²) in [6.45, 7) is 2.57. The van der Waals surface area contributed by atoms with Crippen molar-refractivity contribution < 1.29 is 14.3 Å². The van der Waals surface area contributed by atoms with Crippen molar-refractivity contribution in [2.24, 2.45) is 5.92 Å². The number of hydrogen-bond acceptors (Lipinski definition) is 4. The van der Waals surface area contributed by atoms with Gasteiger partial charge in [-0.25, -0.2) is 0 Å². The smallest absolute Gasteiger partial charge is 0.229 e. The minimum absolute atomic E-state index is 0.0437. The first-order valence-electron chi connectivity index (χ1n) is 9.74.